The number of rotatable bonds is 4. The third-order valence-corrected chi connectivity index (χ3v) is 5.25. The lowest BCUT2D eigenvalue weighted by Gasteiger charge is -2.39. The second-order valence-corrected chi connectivity index (χ2v) is 7.06. The van der Waals surface area contributed by atoms with Gasteiger partial charge in [-0.1, -0.05) is 70.2 Å². The summed E-state index contributed by atoms with van der Waals surface area (Å²) < 4.78 is 0. The van der Waals surface area contributed by atoms with E-state index in [2.05, 4.69) is 38.1 Å². The zero-order chi connectivity index (χ0) is 15.3. The zero-order valence-electron chi connectivity index (χ0n) is 13.6. The Morgan fingerprint density at radius 2 is 1.43 bits per heavy atom. The molecule has 0 bridgehead atoms. The lowest BCUT2D eigenvalue weighted by Crippen LogP contribution is -2.37. The minimum atomic E-state index is -0.429. The van der Waals surface area contributed by atoms with Gasteiger partial charge in [0.05, 0.1) is 6.10 Å². The summed E-state index contributed by atoms with van der Waals surface area (Å²) >= 11 is 0. The van der Waals surface area contributed by atoms with Crippen LogP contribution in [0.3, 0.4) is 0 Å². The van der Waals surface area contributed by atoms with Gasteiger partial charge in [-0.3, -0.25) is 0 Å². The van der Waals surface area contributed by atoms with Crippen LogP contribution in [0.2, 0.25) is 0 Å². The smallest absolute Gasteiger partial charge is 0.0858 e. The van der Waals surface area contributed by atoms with Gasteiger partial charge >= 0.3 is 0 Å². The first kappa shape index (κ1) is 16.5. The molecule has 3 N–H and O–H groups in total. The zero-order valence-corrected chi connectivity index (χ0v) is 13.6. The highest BCUT2D eigenvalue weighted by atomic mass is 16.3. The molecule has 1 aromatic rings. The molecule has 0 aromatic heterocycles. The van der Waals surface area contributed by atoms with Crippen LogP contribution in [0.5, 0.6) is 0 Å². The first-order valence-corrected chi connectivity index (χ1v) is 8.57. The fraction of sp³-hybridized carbons (Fsp3) is 0.684. The maximum atomic E-state index is 11.0. The standard InChI is InChI=1S/C19H31NO/c1-15(2)16-8-10-17(11-9-16)18(21)19(14-20)12-6-4-3-5-7-13-19/h8-11,15,18,21H,3-7,12-14,20H2,1-2H3. The number of benzene rings is 1. The Labute approximate surface area is 129 Å². The number of nitrogens with two attached hydrogens (primary N) is 1. The molecule has 1 atom stereocenters. The van der Waals surface area contributed by atoms with Crippen molar-refractivity contribution in [2.24, 2.45) is 11.1 Å². The Bertz CT molecular complexity index is 416. The van der Waals surface area contributed by atoms with Crippen LogP contribution in [0.25, 0.3) is 0 Å². The molecule has 1 aromatic carbocycles. The van der Waals surface area contributed by atoms with Gasteiger partial charge in [-0.2, -0.15) is 0 Å². The Morgan fingerprint density at radius 3 is 1.90 bits per heavy atom. The van der Waals surface area contributed by atoms with Crippen molar-refractivity contribution in [3.05, 3.63) is 35.4 Å². The summed E-state index contributed by atoms with van der Waals surface area (Å²) in [6.07, 6.45) is 7.95. The van der Waals surface area contributed by atoms with Crippen molar-refractivity contribution in [1.82, 2.24) is 0 Å². The summed E-state index contributed by atoms with van der Waals surface area (Å²) in [5.41, 5.74) is 8.35. The molecule has 2 nitrogen and oxygen atoms in total. The van der Waals surface area contributed by atoms with Gasteiger partial charge in [0.25, 0.3) is 0 Å². The quantitative estimate of drug-likeness (QED) is 0.855. The molecule has 2 rings (SSSR count). The summed E-state index contributed by atoms with van der Waals surface area (Å²) in [5, 5.41) is 11.0. The SMILES string of the molecule is CC(C)c1ccc(C(O)C2(CN)CCCCCCC2)cc1. The monoisotopic (exact) mass is 289 g/mol. The van der Waals surface area contributed by atoms with E-state index in [-0.39, 0.29) is 5.41 Å². The summed E-state index contributed by atoms with van der Waals surface area (Å²) in [4.78, 5) is 0. The van der Waals surface area contributed by atoms with E-state index in [9.17, 15) is 5.11 Å². The van der Waals surface area contributed by atoms with Crippen molar-refractivity contribution in [3.63, 3.8) is 0 Å². The van der Waals surface area contributed by atoms with E-state index in [1.807, 2.05) is 0 Å². The van der Waals surface area contributed by atoms with E-state index in [0.717, 1.165) is 18.4 Å². The molecular formula is C19H31NO. The van der Waals surface area contributed by atoms with Gasteiger partial charge in [-0.05, 0) is 29.9 Å². The van der Waals surface area contributed by atoms with Crippen LogP contribution in [0.15, 0.2) is 24.3 Å². The molecule has 0 spiro atoms. The summed E-state index contributed by atoms with van der Waals surface area (Å²) in [6.45, 7) is 4.98. The molecular weight excluding hydrogens is 258 g/mol. The maximum absolute atomic E-state index is 11.0. The van der Waals surface area contributed by atoms with E-state index in [1.54, 1.807) is 0 Å². The number of aliphatic hydroxyl groups is 1. The van der Waals surface area contributed by atoms with Crippen LogP contribution in [0, 0.1) is 5.41 Å². The Morgan fingerprint density at radius 1 is 0.952 bits per heavy atom. The Kier molecular flexibility index (Phi) is 5.83. The van der Waals surface area contributed by atoms with Crippen molar-refractivity contribution in [3.8, 4) is 0 Å². The van der Waals surface area contributed by atoms with Gasteiger partial charge in [-0.15, -0.1) is 0 Å². The fourth-order valence-corrected chi connectivity index (χ4v) is 3.62. The van der Waals surface area contributed by atoms with Crippen LogP contribution >= 0.6 is 0 Å². The third kappa shape index (κ3) is 3.87. The number of hydrogen-bond donors (Lipinski definition) is 2. The van der Waals surface area contributed by atoms with Gasteiger partial charge in [0.1, 0.15) is 0 Å². The van der Waals surface area contributed by atoms with Gasteiger partial charge in [-0.25, -0.2) is 0 Å². The normalized spacial score (nSPS) is 20.8. The second-order valence-electron chi connectivity index (χ2n) is 7.06. The van der Waals surface area contributed by atoms with Crippen LogP contribution in [0.4, 0.5) is 0 Å². The second kappa shape index (κ2) is 7.42. The highest BCUT2D eigenvalue weighted by Gasteiger charge is 2.37. The van der Waals surface area contributed by atoms with E-state index < -0.39 is 6.10 Å². The van der Waals surface area contributed by atoms with Crippen LogP contribution in [0.1, 0.15) is 81.9 Å². The molecule has 2 heteroatoms. The summed E-state index contributed by atoms with van der Waals surface area (Å²) in [5.74, 6) is 0.529. The topological polar surface area (TPSA) is 46.2 Å². The molecule has 1 saturated carbocycles. The largest absolute Gasteiger partial charge is 0.388 e. The van der Waals surface area contributed by atoms with Gasteiger partial charge in [0.2, 0.25) is 0 Å². The van der Waals surface area contributed by atoms with Crippen molar-refractivity contribution < 1.29 is 5.11 Å². The third-order valence-electron chi connectivity index (χ3n) is 5.25. The Balaban J connectivity index is 2.19. The van der Waals surface area contributed by atoms with E-state index in [1.165, 1.54) is 37.7 Å². The number of hydrogen-bond acceptors (Lipinski definition) is 2. The molecule has 1 unspecified atom stereocenters. The average Bonchev–Trinajstić information content (AvgIpc) is 2.47. The molecule has 0 aliphatic heterocycles. The van der Waals surface area contributed by atoms with Crippen molar-refractivity contribution in [2.75, 3.05) is 6.54 Å². The minimum Gasteiger partial charge on any atom is -0.388 e. The molecule has 0 heterocycles. The number of aliphatic hydroxyl groups excluding tert-OH is 1. The van der Waals surface area contributed by atoms with E-state index in [0.29, 0.717) is 12.5 Å². The lowest BCUT2D eigenvalue weighted by atomic mass is 9.70. The van der Waals surface area contributed by atoms with Crippen molar-refractivity contribution >= 4 is 0 Å². The van der Waals surface area contributed by atoms with Crippen molar-refractivity contribution in [1.29, 1.82) is 0 Å². The van der Waals surface area contributed by atoms with Crippen LogP contribution in [-0.4, -0.2) is 11.7 Å². The minimum absolute atomic E-state index is 0.125. The molecule has 1 aliphatic carbocycles. The molecule has 1 fully saturated rings. The van der Waals surface area contributed by atoms with Gasteiger partial charge in [0.15, 0.2) is 0 Å². The molecule has 0 amide bonds. The van der Waals surface area contributed by atoms with Gasteiger partial charge < -0.3 is 10.8 Å². The summed E-state index contributed by atoms with van der Waals surface area (Å²) in [7, 11) is 0. The fourth-order valence-electron chi connectivity index (χ4n) is 3.62. The lowest BCUT2D eigenvalue weighted by molar-refractivity contribution is 0.00847. The first-order valence-electron chi connectivity index (χ1n) is 8.57. The molecule has 0 radical (unpaired) electrons. The molecule has 21 heavy (non-hydrogen) atoms. The predicted octanol–water partition coefficient (Wildman–Crippen LogP) is 4.53. The predicted molar refractivity (Wildman–Crippen MR) is 89.3 cm³/mol. The molecule has 118 valence electrons. The summed E-state index contributed by atoms with van der Waals surface area (Å²) in [6, 6.07) is 8.49. The highest BCUT2D eigenvalue weighted by Crippen LogP contribution is 2.43. The van der Waals surface area contributed by atoms with E-state index >= 15 is 0 Å². The average molecular weight is 289 g/mol. The first-order chi connectivity index (χ1) is 10.1. The molecule has 1 aliphatic rings. The highest BCUT2D eigenvalue weighted by molar-refractivity contribution is 5.27. The maximum Gasteiger partial charge on any atom is 0.0858 e. The van der Waals surface area contributed by atoms with E-state index in [4.69, 9.17) is 5.73 Å². The Hall–Kier alpha value is -0.860. The van der Waals surface area contributed by atoms with Crippen LogP contribution in [-0.2, 0) is 0 Å². The molecule has 0 saturated heterocycles. The van der Waals surface area contributed by atoms with Crippen LogP contribution < -0.4 is 5.73 Å². The van der Waals surface area contributed by atoms with Gasteiger partial charge in [0, 0.05) is 12.0 Å². The van der Waals surface area contributed by atoms with Crippen molar-refractivity contribution in [2.45, 2.75) is 70.8 Å².